The van der Waals surface area contributed by atoms with Crippen molar-refractivity contribution in [3.05, 3.63) is 35.4 Å². The van der Waals surface area contributed by atoms with Crippen LogP contribution in [0.15, 0.2) is 24.3 Å². The molecule has 1 heteroatoms. The first-order valence-corrected chi connectivity index (χ1v) is 5.10. The van der Waals surface area contributed by atoms with E-state index in [0.29, 0.717) is 12.0 Å². The number of benzene rings is 1. The Balaban J connectivity index is 2.37. The standard InChI is InChI=1S/C12H17N/c1-9(2)12-11-6-4-3-5-10(11)7-8-13-12/h3-6,9,12-13H,7-8H2,1-2H3/t12-/m1/s1. The van der Waals surface area contributed by atoms with E-state index in [9.17, 15) is 0 Å². The molecule has 1 N–H and O–H groups in total. The third-order valence-electron chi connectivity index (χ3n) is 2.82. The van der Waals surface area contributed by atoms with Gasteiger partial charge in [-0.15, -0.1) is 0 Å². The van der Waals surface area contributed by atoms with Gasteiger partial charge in [-0.2, -0.15) is 0 Å². The van der Waals surface area contributed by atoms with E-state index in [1.54, 1.807) is 0 Å². The van der Waals surface area contributed by atoms with Crippen LogP contribution in [0.5, 0.6) is 0 Å². The van der Waals surface area contributed by atoms with Gasteiger partial charge in [0.25, 0.3) is 0 Å². The van der Waals surface area contributed by atoms with Crippen molar-refractivity contribution in [3.63, 3.8) is 0 Å². The molecule has 1 heterocycles. The van der Waals surface area contributed by atoms with Crippen molar-refractivity contribution in [3.8, 4) is 0 Å². The molecule has 0 unspecified atom stereocenters. The summed E-state index contributed by atoms with van der Waals surface area (Å²) in [7, 11) is 0. The Hall–Kier alpha value is -0.820. The first-order chi connectivity index (χ1) is 6.29. The van der Waals surface area contributed by atoms with E-state index < -0.39 is 0 Å². The highest BCUT2D eigenvalue weighted by molar-refractivity contribution is 5.32. The Bertz CT molecular complexity index is 291. The van der Waals surface area contributed by atoms with E-state index in [4.69, 9.17) is 0 Å². The summed E-state index contributed by atoms with van der Waals surface area (Å²) < 4.78 is 0. The average molecular weight is 175 g/mol. The second kappa shape index (κ2) is 3.51. The molecular weight excluding hydrogens is 158 g/mol. The molecule has 1 aromatic rings. The molecule has 0 aliphatic carbocycles. The fourth-order valence-corrected chi connectivity index (χ4v) is 2.13. The molecule has 1 aliphatic rings. The smallest absolute Gasteiger partial charge is 0.0346 e. The lowest BCUT2D eigenvalue weighted by Crippen LogP contribution is -2.32. The van der Waals surface area contributed by atoms with E-state index in [0.717, 1.165) is 6.54 Å². The summed E-state index contributed by atoms with van der Waals surface area (Å²) in [6, 6.07) is 9.35. The van der Waals surface area contributed by atoms with Crippen molar-refractivity contribution < 1.29 is 0 Å². The summed E-state index contributed by atoms with van der Waals surface area (Å²) in [6.45, 7) is 5.68. The molecule has 0 bridgehead atoms. The second-order valence-electron chi connectivity index (χ2n) is 4.12. The summed E-state index contributed by atoms with van der Waals surface area (Å²) in [5, 5.41) is 3.57. The van der Waals surface area contributed by atoms with Gasteiger partial charge < -0.3 is 5.32 Å². The number of hydrogen-bond donors (Lipinski definition) is 1. The number of nitrogens with one attached hydrogen (secondary N) is 1. The summed E-state index contributed by atoms with van der Waals surface area (Å²) in [4.78, 5) is 0. The lowest BCUT2D eigenvalue weighted by atomic mass is 9.88. The lowest BCUT2D eigenvalue weighted by Gasteiger charge is -2.29. The summed E-state index contributed by atoms with van der Waals surface area (Å²) >= 11 is 0. The highest BCUT2D eigenvalue weighted by Gasteiger charge is 2.21. The molecule has 70 valence electrons. The van der Waals surface area contributed by atoms with E-state index in [2.05, 4.69) is 43.4 Å². The Morgan fingerprint density at radius 3 is 2.85 bits per heavy atom. The topological polar surface area (TPSA) is 12.0 Å². The molecule has 0 spiro atoms. The molecule has 0 saturated carbocycles. The van der Waals surface area contributed by atoms with Crippen LogP contribution in [0.3, 0.4) is 0 Å². The van der Waals surface area contributed by atoms with Gasteiger partial charge in [0.05, 0.1) is 0 Å². The van der Waals surface area contributed by atoms with Crippen molar-refractivity contribution in [1.29, 1.82) is 0 Å². The number of fused-ring (bicyclic) bond motifs is 1. The van der Waals surface area contributed by atoms with Crippen LogP contribution in [0.25, 0.3) is 0 Å². The number of rotatable bonds is 1. The zero-order valence-electron chi connectivity index (χ0n) is 8.38. The van der Waals surface area contributed by atoms with Gasteiger partial charge in [-0.1, -0.05) is 38.1 Å². The van der Waals surface area contributed by atoms with E-state index in [-0.39, 0.29) is 0 Å². The van der Waals surface area contributed by atoms with Crippen LogP contribution in [0.2, 0.25) is 0 Å². The van der Waals surface area contributed by atoms with Crippen molar-refractivity contribution in [1.82, 2.24) is 5.32 Å². The van der Waals surface area contributed by atoms with E-state index >= 15 is 0 Å². The highest BCUT2D eigenvalue weighted by Crippen LogP contribution is 2.27. The first-order valence-electron chi connectivity index (χ1n) is 5.10. The number of hydrogen-bond acceptors (Lipinski definition) is 1. The van der Waals surface area contributed by atoms with Crippen LogP contribution in [0, 0.1) is 5.92 Å². The molecule has 0 fully saturated rings. The normalized spacial score (nSPS) is 21.6. The quantitative estimate of drug-likeness (QED) is 0.691. The fourth-order valence-electron chi connectivity index (χ4n) is 2.13. The van der Waals surface area contributed by atoms with Gasteiger partial charge in [0.15, 0.2) is 0 Å². The van der Waals surface area contributed by atoms with Gasteiger partial charge in [0.2, 0.25) is 0 Å². The summed E-state index contributed by atoms with van der Waals surface area (Å²) in [5.41, 5.74) is 3.03. The summed E-state index contributed by atoms with van der Waals surface area (Å²) in [5.74, 6) is 0.682. The Morgan fingerprint density at radius 1 is 1.31 bits per heavy atom. The summed E-state index contributed by atoms with van der Waals surface area (Å²) in [6.07, 6.45) is 1.18. The third kappa shape index (κ3) is 1.61. The van der Waals surface area contributed by atoms with Crippen LogP contribution in [-0.2, 0) is 6.42 Å². The van der Waals surface area contributed by atoms with Crippen LogP contribution in [0.4, 0.5) is 0 Å². The minimum atomic E-state index is 0.560. The molecule has 13 heavy (non-hydrogen) atoms. The zero-order chi connectivity index (χ0) is 9.26. The van der Waals surface area contributed by atoms with Gasteiger partial charge in [0, 0.05) is 6.04 Å². The maximum Gasteiger partial charge on any atom is 0.0346 e. The van der Waals surface area contributed by atoms with Gasteiger partial charge in [-0.05, 0) is 30.0 Å². The third-order valence-corrected chi connectivity index (χ3v) is 2.82. The second-order valence-corrected chi connectivity index (χ2v) is 4.12. The Kier molecular flexibility index (Phi) is 2.36. The van der Waals surface area contributed by atoms with Crippen molar-refractivity contribution in [2.24, 2.45) is 5.92 Å². The lowest BCUT2D eigenvalue weighted by molar-refractivity contribution is 0.395. The average Bonchev–Trinajstić information content (AvgIpc) is 2.17. The molecule has 0 amide bonds. The molecule has 2 rings (SSSR count). The Labute approximate surface area is 80.2 Å². The highest BCUT2D eigenvalue weighted by atomic mass is 14.9. The minimum absolute atomic E-state index is 0.560. The van der Waals surface area contributed by atoms with Gasteiger partial charge in [-0.3, -0.25) is 0 Å². The van der Waals surface area contributed by atoms with Crippen LogP contribution in [0.1, 0.15) is 31.0 Å². The first kappa shape index (κ1) is 8.76. The van der Waals surface area contributed by atoms with Gasteiger partial charge in [-0.25, -0.2) is 0 Å². The molecule has 1 aromatic carbocycles. The van der Waals surface area contributed by atoms with E-state index in [1.165, 1.54) is 17.5 Å². The van der Waals surface area contributed by atoms with Crippen molar-refractivity contribution in [2.75, 3.05) is 6.54 Å². The van der Waals surface area contributed by atoms with Gasteiger partial charge in [0.1, 0.15) is 0 Å². The van der Waals surface area contributed by atoms with Gasteiger partial charge >= 0.3 is 0 Å². The van der Waals surface area contributed by atoms with Crippen LogP contribution >= 0.6 is 0 Å². The SMILES string of the molecule is CC(C)[C@H]1NCCc2ccccc21. The monoisotopic (exact) mass is 175 g/mol. The molecule has 0 aromatic heterocycles. The molecule has 1 nitrogen and oxygen atoms in total. The molecule has 1 aliphatic heterocycles. The van der Waals surface area contributed by atoms with Crippen LogP contribution in [-0.4, -0.2) is 6.54 Å². The fraction of sp³-hybridized carbons (Fsp3) is 0.500. The Morgan fingerprint density at radius 2 is 2.08 bits per heavy atom. The molecular formula is C12H17N. The van der Waals surface area contributed by atoms with E-state index in [1.807, 2.05) is 0 Å². The van der Waals surface area contributed by atoms with Crippen LogP contribution < -0.4 is 5.32 Å². The van der Waals surface area contributed by atoms with Crippen molar-refractivity contribution >= 4 is 0 Å². The largest absolute Gasteiger partial charge is 0.309 e. The maximum absolute atomic E-state index is 3.57. The molecule has 0 radical (unpaired) electrons. The predicted octanol–water partition coefficient (Wildman–Crippen LogP) is 2.53. The minimum Gasteiger partial charge on any atom is -0.309 e. The predicted molar refractivity (Wildman–Crippen MR) is 55.7 cm³/mol. The zero-order valence-corrected chi connectivity index (χ0v) is 8.38. The molecule has 1 atom stereocenters. The molecule has 0 saturated heterocycles. The van der Waals surface area contributed by atoms with Crippen molar-refractivity contribution in [2.45, 2.75) is 26.3 Å². The maximum atomic E-state index is 3.57.